The fraction of sp³-hybridized carbons (Fsp3) is 0.333. The number of rotatable bonds is 13. The van der Waals surface area contributed by atoms with Gasteiger partial charge >= 0.3 is 0 Å². The highest BCUT2D eigenvalue weighted by Crippen LogP contribution is 2.23. The number of sulfonamides is 1. The largest absolute Gasteiger partial charge is 0.352 e. The standard InChI is InChI=1S/C30H36FN3O4S/c1-23(2)32-30(36)28(21-24-13-6-4-7-14-24)33(22-25-15-8-5-9-16-25)29(35)19-12-20-34(39(3,37)38)27-18-11-10-17-26(27)31/h4-11,13-18,23,28H,12,19-22H2,1-3H3,(H,32,36)/t28-/m1/s1. The number of hydrogen-bond acceptors (Lipinski definition) is 4. The van der Waals surface area contributed by atoms with Gasteiger partial charge in [0, 0.05) is 32.0 Å². The maximum Gasteiger partial charge on any atom is 0.243 e. The molecule has 3 rings (SSSR count). The summed E-state index contributed by atoms with van der Waals surface area (Å²) in [6.45, 7) is 3.87. The van der Waals surface area contributed by atoms with Crippen LogP contribution in [0, 0.1) is 5.82 Å². The van der Waals surface area contributed by atoms with Gasteiger partial charge in [-0.3, -0.25) is 13.9 Å². The molecule has 3 aromatic carbocycles. The van der Waals surface area contributed by atoms with E-state index < -0.39 is 21.9 Å². The number of benzene rings is 3. The molecular weight excluding hydrogens is 517 g/mol. The van der Waals surface area contributed by atoms with Crippen LogP contribution in [0.15, 0.2) is 84.9 Å². The van der Waals surface area contributed by atoms with Gasteiger partial charge in [-0.25, -0.2) is 12.8 Å². The second kappa shape index (κ2) is 13.9. The minimum absolute atomic E-state index is 0.0203. The summed E-state index contributed by atoms with van der Waals surface area (Å²) in [4.78, 5) is 28.7. The summed E-state index contributed by atoms with van der Waals surface area (Å²) in [5, 5.41) is 2.94. The zero-order valence-electron chi connectivity index (χ0n) is 22.6. The predicted molar refractivity (Wildman–Crippen MR) is 152 cm³/mol. The van der Waals surface area contributed by atoms with Crippen LogP contribution in [0.25, 0.3) is 0 Å². The Morgan fingerprint density at radius 1 is 0.872 bits per heavy atom. The highest BCUT2D eigenvalue weighted by atomic mass is 32.2. The van der Waals surface area contributed by atoms with Crippen molar-refractivity contribution in [2.45, 2.75) is 51.7 Å². The highest BCUT2D eigenvalue weighted by molar-refractivity contribution is 7.92. The number of nitrogens with zero attached hydrogens (tertiary/aromatic N) is 2. The molecule has 0 aliphatic heterocycles. The Morgan fingerprint density at radius 3 is 2.00 bits per heavy atom. The van der Waals surface area contributed by atoms with Gasteiger partial charge in [0.05, 0.1) is 11.9 Å². The Balaban J connectivity index is 1.86. The van der Waals surface area contributed by atoms with Crippen molar-refractivity contribution in [1.82, 2.24) is 10.2 Å². The molecule has 0 unspecified atom stereocenters. The molecule has 1 N–H and O–H groups in total. The zero-order valence-corrected chi connectivity index (χ0v) is 23.4. The molecule has 1 atom stereocenters. The van der Waals surface area contributed by atoms with Crippen LogP contribution in [0.4, 0.5) is 10.1 Å². The minimum atomic E-state index is -3.79. The first-order chi connectivity index (χ1) is 18.6. The van der Waals surface area contributed by atoms with E-state index in [9.17, 15) is 22.4 Å². The topological polar surface area (TPSA) is 86.8 Å². The van der Waals surface area contributed by atoms with Crippen molar-refractivity contribution < 1.29 is 22.4 Å². The molecule has 0 spiro atoms. The molecule has 0 saturated carbocycles. The van der Waals surface area contributed by atoms with Crippen LogP contribution < -0.4 is 9.62 Å². The number of nitrogens with one attached hydrogen (secondary N) is 1. The van der Waals surface area contributed by atoms with E-state index in [-0.39, 0.29) is 49.5 Å². The summed E-state index contributed by atoms with van der Waals surface area (Å²) in [7, 11) is -3.79. The van der Waals surface area contributed by atoms with E-state index >= 15 is 0 Å². The van der Waals surface area contributed by atoms with Crippen LogP contribution in [0.1, 0.15) is 37.8 Å². The highest BCUT2D eigenvalue weighted by Gasteiger charge is 2.31. The van der Waals surface area contributed by atoms with Crippen LogP contribution >= 0.6 is 0 Å². The first-order valence-corrected chi connectivity index (χ1v) is 14.8. The van der Waals surface area contributed by atoms with Crippen molar-refractivity contribution in [2.75, 3.05) is 17.1 Å². The molecule has 3 aromatic rings. The van der Waals surface area contributed by atoms with Gasteiger partial charge in [-0.2, -0.15) is 0 Å². The summed E-state index contributed by atoms with van der Waals surface area (Å²) in [5.74, 6) is -1.21. The third-order valence-electron chi connectivity index (χ3n) is 6.17. The lowest BCUT2D eigenvalue weighted by Gasteiger charge is -2.32. The van der Waals surface area contributed by atoms with Gasteiger partial charge in [0.15, 0.2) is 0 Å². The van der Waals surface area contributed by atoms with E-state index in [1.807, 2.05) is 74.5 Å². The maximum absolute atomic E-state index is 14.4. The van der Waals surface area contributed by atoms with E-state index in [2.05, 4.69) is 5.32 Å². The summed E-state index contributed by atoms with van der Waals surface area (Å²) in [5.41, 5.74) is 1.72. The first-order valence-electron chi connectivity index (χ1n) is 13.0. The third kappa shape index (κ3) is 8.92. The summed E-state index contributed by atoms with van der Waals surface area (Å²) in [6, 6.07) is 23.6. The monoisotopic (exact) mass is 553 g/mol. The second-order valence-electron chi connectivity index (χ2n) is 9.77. The fourth-order valence-electron chi connectivity index (χ4n) is 4.35. The SMILES string of the molecule is CC(C)NC(=O)[C@@H](Cc1ccccc1)N(Cc1ccccc1)C(=O)CCCN(c1ccccc1F)S(C)(=O)=O. The Bertz CT molecular complexity index is 1330. The van der Waals surface area contributed by atoms with Gasteiger partial charge in [0.1, 0.15) is 11.9 Å². The molecular formula is C30H36FN3O4S. The van der Waals surface area contributed by atoms with E-state index in [1.165, 1.54) is 18.2 Å². The van der Waals surface area contributed by atoms with Crippen LogP contribution in [0.5, 0.6) is 0 Å². The molecule has 9 heteroatoms. The molecule has 0 radical (unpaired) electrons. The molecule has 0 aromatic heterocycles. The molecule has 208 valence electrons. The lowest BCUT2D eigenvalue weighted by atomic mass is 10.0. The predicted octanol–water partition coefficient (Wildman–Crippen LogP) is 4.54. The Kier molecular flexibility index (Phi) is 10.6. The average molecular weight is 554 g/mol. The van der Waals surface area contributed by atoms with E-state index in [0.717, 1.165) is 21.7 Å². The van der Waals surface area contributed by atoms with Crippen LogP contribution in [0.2, 0.25) is 0 Å². The molecule has 0 bridgehead atoms. The number of carbonyl (C=O) groups excluding carboxylic acids is 2. The quantitative estimate of drug-likeness (QED) is 0.337. The Morgan fingerprint density at radius 2 is 1.44 bits per heavy atom. The van der Waals surface area contributed by atoms with Crippen LogP contribution in [-0.4, -0.2) is 50.0 Å². The second-order valence-corrected chi connectivity index (χ2v) is 11.7. The lowest BCUT2D eigenvalue weighted by molar-refractivity contribution is -0.141. The molecule has 0 aliphatic carbocycles. The number of halogens is 1. The van der Waals surface area contributed by atoms with Crippen molar-refractivity contribution in [1.29, 1.82) is 0 Å². The number of para-hydroxylation sites is 1. The van der Waals surface area contributed by atoms with Crippen molar-refractivity contribution >= 4 is 27.5 Å². The Labute approximate surface area is 230 Å². The van der Waals surface area contributed by atoms with Crippen molar-refractivity contribution in [3.05, 3.63) is 102 Å². The van der Waals surface area contributed by atoms with Gasteiger partial charge in [0.2, 0.25) is 21.8 Å². The van der Waals surface area contributed by atoms with Gasteiger partial charge in [-0.1, -0.05) is 72.8 Å². The summed E-state index contributed by atoms with van der Waals surface area (Å²) >= 11 is 0. The van der Waals surface area contributed by atoms with Crippen LogP contribution in [0.3, 0.4) is 0 Å². The smallest absolute Gasteiger partial charge is 0.243 e. The summed E-state index contributed by atoms with van der Waals surface area (Å²) < 4.78 is 40.3. The van der Waals surface area contributed by atoms with E-state index in [0.29, 0.717) is 6.42 Å². The van der Waals surface area contributed by atoms with Gasteiger partial charge in [-0.15, -0.1) is 0 Å². The molecule has 39 heavy (non-hydrogen) atoms. The first kappa shape index (κ1) is 29.8. The molecule has 0 saturated heterocycles. The normalized spacial score (nSPS) is 12.1. The number of hydrogen-bond donors (Lipinski definition) is 1. The van der Waals surface area contributed by atoms with Crippen molar-refractivity contribution in [3.8, 4) is 0 Å². The molecule has 0 heterocycles. The van der Waals surface area contributed by atoms with E-state index in [4.69, 9.17) is 0 Å². The third-order valence-corrected chi connectivity index (χ3v) is 7.35. The molecule has 7 nitrogen and oxygen atoms in total. The number of amides is 2. The summed E-state index contributed by atoms with van der Waals surface area (Å²) in [6.07, 6.45) is 1.46. The molecule has 2 amide bonds. The lowest BCUT2D eigenvalue weighted by Crippen LogP contribution is -2.51. The van der Waals surface area contributed by atoms with Gasteiger partial charge in [-0.05, 0) is 43.5 Å². The van der Waals surface area contributed by atoms with Gasteiger partial charge < -0.3 is 10.2 Å². The van der Waals surface area contributed by atoms with Gasteiger partial charge in [0.25, 0.3) is 0 Å². The Hall–Kier alpha value is -3.72. The fourth-order valence-corrected chi connectivity index (χ4v) is 5.32. The average Bonchev–Trinajstić information content (AvgIpc) is 2.89. The molecule has 0 fully saturated rings. The van der Waals surface area contributed by atoms with Crippen LogP contribution in [-0.2, 0) is 32.6 Å². The maximum atomic E-state index is 14.4. The minimum Gasteiger partial charge on any atom is -0.352 e. The number of carbonyl (C=O) groups is 2. The van der Waals surface area contributed by atoms with Crippen molar-refractivity contribution in [2.24, 2.45) is 0 Å². The zero-order chi connectivity index (χ0) is 28.4. The molecule has 0 aliphatic rings. The van der Waals surface area contributed by atoms with E-state index in [1.54, 1.807) is 11.0 Å². The van der Waals surface area contributed by atoms with Crippen molar-refractivity contribution in [3.63, 3.8) is 0 Å². The number of anilines is 1.